The number of hydrogen-bond acceptors (Lipinski definition) is 14. The molecule has 5 aromatic carbocycles. The average molecular weight is 1690 g/mol. The van der Waals surface area contributed by atoms with Crippen molar-refractivity contribution < 1.29 is 47.5 Å². The molecule has 0 amide bonds. The average Bonchev–Trinajstić information content (AvgIpc) is 1.62. The van der Waals surface area contributed by atoms with Crippen molar-refractivity contribution in [3.05, 3.63) is 96.1 Å². The molecule has 0 saturated heterocycles. The molecule has 0 atom stereocenters. The fourth-order valence-corrected chi connectivity index (χ4v) is 17.9. The van der Waals surface area contributed by atoms with Crippen molar-refractivity contribution in [3.8, 4) is 67.1 Å². The Kier molecular flexibility index (Phi) is 55.5. The molecule has 14 heteroatoms. The van der Waals surface area contributed by atoms with Crippen molar-refractivity contribution in [1.82, 2.24) is 9.97 Å². The number of benzene rings is 5. The van der Waals surface area contributed by atoms with E-state index in [-0.39, 0.29) is 0 Å². The van der Waals surface area contributed by atoms with Crippen molar-refractivity contribution in [2.45, 2.75) is 427 Å². The maximum atomic E-state index is 14.4. The van der Waals surface area contributed by atoms with Gasteiger partial charge in [-0.3, -0.25) is 0 Å². The zero-order valence-electron chi connectivity index (χ0n) is 76.5. The summed E-state index contributed by atoms with van der Waals surface area (Å²) < 4.78 is 54.3. The van der Waals surface area contributed by atoms with E-state index in [1.807, 2.05) is 48.5 Å². The fourth-order valence-electron chi connectivity index (χ4n) is 16.0. The summed E-state index contributed by atoms with van der Waals surface area (Å²) in [6.07, 6.45) is 74.5. The Labute approximate surface area is 737 Å². The highest BCUT2D eigenvalue weighted by molar-refractivity contribution is 7.23. The van der Waals surface area contributed by atoms with Gasteiger partial charge >= 0.3 is 11.9 Å². The van der Waals surface area contributed by atoms with Crippen LogP contribution in [0.25, 0.3) is 41.6 Å². The van der Waals surface area contributed by atoms with E-state index in [2.05, 4.69) is 53.7 Å². The fraction of sp³-hybridized carbons (Fsp3) is 0.679. The van der Waals surface area contributed by atoms with Crippen LogP contribution in [-0.4, -0.2) is 61.5 Å². The molecule has 0 N–H and O–H groups in total. The third-order valence-corrected chi connectivity index (χ3v) is 25.7. The van der Waals surface area contributed by atoms with E-state index < -0.39 is 11.9 Å². The first kappa shape index (κ1) is 101. The van der Waals surface area contributed by atoms with Crippen LogP contribution in [0.1, 0.15) is 448 Å². The molecule has 7 rings (SSSR count). The van der Waals surface area contributed by atoms with Crippen LogP contribution in [0.3, 0.4) is 0 Å². The molecule has 12 nitrogen and oxygen atoms in total. The number of fused-ring (bicyclic) bond motifs is 2. The summed E-state index contributed by atoms with van der Waals surface area (Å²) >= 11 is 3.22. The standard InChI is InChI=1S/C106H164N2O10S2/c1-7-13-19-25-31-37-43-49-55-61-75-111-95-81-89(82-96(112-76-62-56-50-44-38-32-26-20-14-8-2)101(95)115-79-65-59-53-47-41-35-29-23-17-11-5)105(109)117-91-71-67-87(68-72-91)103-107-93-85-100-94(86-99(93)119-103)108-104(120-100)88-69-73-92(74-70-88)118-106(110)90-83-97(113-77-63-57-51-45-39-33-27-21-15-9-3)102(116-80-66-60-54-48-42-36-30-24-18-12-6)98(84-90)114-78-64-58-52-46-40-34-28-22-16-10-4/h67-74,81-86H,7-66,75-80H2,1-6H3. The number of carbonyl (C=O) groups is 2. The SMILES string of the molecule is CCCCCCCCCCCCOc1cc(C(=O)Oc2ccc(-c3nc4cc5sc(-c6ccc(OC(=O)c7cc(OCCCCCCCCCCCC)c(OCCCCCCCCCCCC)c(OCCCCCCCCCCCC)c7)cc6)nc5cc4s3)cc2)cc(OCCCCCCCCCCCC)c1OCCCCCCCCCCCC. The molecule has 0 radical (unpaired) electrons. The first-order chi connectivity index (χ1) is 59.2. The summed E-state index contributed by atoms with van der Waals surface area (Å²) in [5, 5.41) is 1.72. The Morgan fingerprint density at radius 1 is 0.242 bits per heavy atom. The Balaban J connectivity index is 1.01. The summed E-state index contributed by atoms with van der Waals surface area (Å²) in [5.41, 5.74) is 4.35. The van der Waals surface area contributed by atoms with Crippen molar-refractivity contribution in [3.63, 3.8) is 0 Å². The molecule has 0 unspecified atom stereocenters. The van der Waals surface area contributed by atoms with E-state index in [0.29, 0.717) is 96.8 Å². The number of ether oxygens (including phenoxy) is 8. The third kappa shape index (κ3) is 42.3. The smallest absolute Gasteiger partial charge is 0.343 e. The van der Waals surface area contributed by atoms with Gasteiger partial charge in [0.25, 0.3) is 0 Å². The molecule has 120 heavy (non-hydrogen) atoms. The van der Waals surface area contributed by atoms with E-state index in [1.165, 1.54) is 308 Å². The minimum atomic E-state index is -0.483. The van der Waals surface area contributed by atoms with Crippen LogP contribution < -0.4 is 37.9 Å². The summed E-state index contributed by atoms with van der Waals surface area (Å²) in [4.78, 5) is 39.1. The zero-order chi connectivity index (χ0) is 84.6. The maximum Gasteiger partial charge on any atom is 0.343 e. The van der Waals surface area contributed by atoms with Crippen LogP contribution in [0.5, 0.6) is 46.0 Å². The Morgan fingerprint density at radius 3 is 0.642 bits per heavy atom. The van der Waals surface area contributed by atoms with Crippen LogP contribution >= 0.6 is 22.7 Å². The molecule has 0 bridgehead atoms. The molecule has 670 valence electrons. The van der Waals surface area contributed by atoms with Gasteiger partial charge in [-0.15, -0.1) is 22.7 Å². The molecule has 0 aliphatic carbocycles. The van der Waals surface area contributed by atoms with Crippen LogP contribution in [-0.2, 0) is 0 Å². The normalized spacial score (nSPS) is 11.5. The summed E-state index contributed by atoms with van der Waals surface area (Å²) in [6.45, 7) is 16.9. The van der Waals surface area contributed by atoms with Gasteiger partial charge in [-0.25, -0.2) is 19.6 Å². The van der Waals surface area contributed by atoms with Gasteiger partial charge in [0.2, 0.25) is 11.5 Å². The van der Waals surface area contributed by atoms with Crippen molar-refractivity contribution >= 4 is 55.0 Å². The second kappa shape index (κ2) is 66.2. The van der Waals surface area contributed by atoms with Gasteiger partial charge in [0, 0.05) is 11.1 Å². The molecule has 2 aromatic heterocycles. The van der Waals surface area contributed by atoms with E-state index >= 15 is 0 Å². The van der Waals surface area contributed by atoms with Crippen molar-refractivity contribution in [2.75, 3.05) is 39.6 Å². The lowest BCUT2D eigenvalue weighted by Gasteiger charge is -2.19. The highest BCUT2D eigenvalue weighted by Crippen LogP contribution is 2.44. The zero-order valence-corrected chi connectivity index (χ0v) is 78.2. The van der Waals surface area contributed by atoms with Crippen LogP contribution in [0.4, 0.5) is 0 Å². The van der Waals surface area contributed by atoms with Crippen LogP contribution in [0, 0.1) is 0 Å². The van der Waals surface area contributed by atoms with Gasteiger partial charge in [-0.1, -0.05) is 388 Å². The second-order valence-corrected chi connectivity index (χ2v) is 36.5. The van der Waals surface area contributed by atoms with Crippen molar-refractivity contribution in [2.24, 2.45) is 0 Å². The van der Waals surface area contributed by atoms with E-state index in [4.69, 9.17) is 47.9 Å². The number of carbonyl (C=O) groups excluding carboxylic acids is 2. The Morgan fingerprint density at radius 2 is 0.433 bits per heavy atom. The minimum Gasteiger partial charge on any atom is -0.490 e. The maximum absolute atomic E-state index is 14.4. The second-order valence-electron chi connectivity index (χ2n) is 34.4. The van der Waals surface area contributed by atoms with Gasteiger partial charge in [0.1, 0.15) is 21.5 Å². The summed E-state index contributed by atoms with van der Waals surface area (Å²) in [6, 6.07) is 26.7. The third-order valence-electron chi connectivity index (χ3n) is 23.5. The van der Waals surface area contributed by atoms with Gasteiger partial charge in [0.15, 0.2) is 23.0 Å². The largest absolute Gasteiger partial charge is 0.490 e. The predicted octanol–water partition coefficient (Wildman–Crippen LogP) is 34.5. The Bertz CT molecular complexity index is 3350. The molecule has 0 spiro atoms. The predicted molar refractivity (Wildman–Crippen MR) is 511 cm³/mol. The molecule has 2 heterocycles. The minimum absolute atomic E-state index is 0.364. The first-order valence-electron chi connectivity index (χ1n) is 49.7. The molecule has 0 aliphatic rings. The van der Waals surface area contributed by atoms with Crippen LogP contribution in [0.2, 0.25) is 0 Å². The molecule has 7 aromatic rings. The van der Waals surface area contributed by atoms with E-state index in [9.17, 15) is 9.59 Å². The molecule has 0 aliphatic heterocycles. The lowest BCUT2D eigenvalue weighted by molar-refractivity contribution is 0.0724. The van der Waals surface area contributed by atoms with Gasteiger partial charge in [-0.05, 0) is 123 Å². The first-order valence-corrected chi connectivity index (χ1v) is 51.4. The lowest BCUT2D eigenvalue weighted by atomic mass is 10.1. The van der Waals surface area contributed by atoms with Crippen LogP contribution in [0.15, 0.2) is 84.9 Å². The highest BCUT2D eigenvalue weighted by Gasteiger charge is 2.24. The van der Waals surface area contributed by atoms with Gasteiger partial charge in [-0.2, -0.15) is 0 Å². The number of unbranched alkanes of at least 4 members (excludes halogenated alkanes) is 54. The molecular formula is C106H164N2O10S2. The number of thiazole rings is 2. The summed E-state index contributed by atoms with van der Waals surface area (Å²) in [5.74, 6) is 3.24. The molecule has 0 fully saturated rings. The van der Waals surface area contributed by atoms with Gasteiger partial charge in [0.05, 0.1) is 71.2 Å². The van der Waals surface area contributed by atoms with Gasteiger partial charge < -0.3 is 37.9 Å². The quantitative estimate of drug-likeness (QED) is 0.0204. The van der Waals surface area contributed by atoms with E-state index in [1.54, 1.807) is 46.9 Å². The Hall–Kier alpha value is -6.38. The molecular weight excluding hydrogens is 1530 g/mol. The number of rotatable bonds is 78. The number of aromatic nitrogens is 2. The lowest BCUT2D eigenvalue weighted by Crippen LogP contribution is -2.12. The van der Waals surface area contributed by atoms with E-state index in [0.717, 1.165) is 119 Å². The van der Waals surface area contributed by atoms with Crippen molar-refractivity contribution in [1.29, 1.82) is 0 Å². The molecule has 0 saturated carbocycles. The number of esters is 2. The number of hydrogen-bond donors (Lipinski definition) is 0. The number of nitrogens with zero attached hydrogens (tertiary/aromatic N) is 2. The topological polar surface area (TPSA) is 134 Å². The summed E-state index contributed by atoms with van der Waals surface area (Å²) in [7, 11) is 0. The highest BCUT2D eigenvalue weighted by atomic mass is 32.1. The monoisotopic (exact) mass is 1690 g/mol.